The molecule has 0 aliphatic carbocycles. The normalized spacial score (nSPS) is 12.8. The van der Waals surface area contributed by atoms with Crippen LogP contribution in [0, 0.1) is 0 Å². The molecule has 0 aliphatic rings. The largest absolute Gasteiger partial charge is 0.328 e. The monoisotopic (exact) mass is 209 g/mol. The van der Waals surface area contributed by atoms with E-state index in [2.05, 4.69) is 36.9 Å². The van der Waals surface area contributed by atoms with Crippen molar-refractivity contribution < 1.29 is 0 Å². The van der Waals surface area contributed by atoms with Gasteiger partial charge in [0.15, 0.2) is 0 Å². The molecule has 2 N–H and O–H groups in total. The van der Waals surface area contributed by atoms with Gasteiger partial charge in [0.05, 0.1) is 0 Å². The van der Waals surface area contributed by atoms with E-state index in [1.165, 1.54) is 11.1 Å². The summed E-state index contributed by atoms with van der Waals surface area (Å²) in [5.74, 6) is 0.956. The maximum absolute atomic E-state index is 5.76. The summed E-state index contributed by atoms with van der Waals surface area (Å²) in [5, 5.41) is 0. The lowest BCUT2D eigenvalue weighted by Crippen LogP contribution is -2.17. The fourth-order valence-corrected chi connectivity index (χ4v) is 1.73. The number of nitrogens with two attached hydrogens (primary N) is 1. The van der Waals surface area contributed by atoms with Gasteiger partial charge in [-0.15, -0.1) is 0 Å². The zero-order valence-corrected chi connectivity index (χ0v) is 9.63. The van der Waals surface area contributed by atoms with Crippen LogP contribution >= 0.6 is 12.6 Å². The van der Waals surface area contributed by atoms with Gasteiger partial charge in [-0.05, 0) is 43.1 Å². The van der Waals surface area contributed by atoms with E-state index in [0.29, 0.717) is 0 Å². The molecule has 0 fully saturated rings. The van der Waals surface area contributed by atoms with Gasteiger partial charge in [-0.2, -0.15) is 12.6 Å². The third-order valence-corrected chi connectivity index (χ3v) is 2.49. The highest BCUT2D eigenvalue weighted by molar-refractivity contribution is 7.80. The summed E-state index contributed by atoms with van der Waals surface area (Å²) in [6.45, 7) is 2.04. The van der Waals surface area contributed by atoms with Crippen molar-refractivity contribution in [2.24, 2.45) is 5.73 Å². The third-order valence-electron chi connectivity index (χ3n) is 2.17. The van der Waals surface area contributed by atoms with E-state index in [1.54, 1.807) is 0 Å². The maximum atomic E-state index is 5.76. The minimum atomic E-state index is 0.245. The highest BCUT2D eigenvalue weighted by Crippen LogP contribution is 2.09. The number of rotatable bonds is 5. The molecule has 1 aromatic rings. The van der Waals surface area contributed by atoms with Crippen LogP contribution in [0.2, 0.25) is 0 Å². The topological polar surface area (TPSA) is 26.0 Å². The molecule has 0 saturated carbocycles. The van der Waals surface area contributed by atoms with E-state index in [1.807, 2.05) is 6.92 Å². The minimum absolute atomic E-state index is 0.245. The molecule has 0 bridgehead atoms. The van der Waals surface area contributed by atoms with Gasteiger partial charge in [0.25, 0.3) is 0 Å². The van der Waals surface area contributed by atoms with Crippen molar-refractivity contribution in [3.63, 3.8) is 0 Å². The molecule has 0 amide bonds. The van der Waals surface area contributed by atoms with Crippen LogP contribution in [-0.4, -0.2) is 11.8 Å². The Bertz CT molecular complexity index is 271. The Hall–Kier alpha value is -0.470. The van der Waals surface area contributed by atoms with Gasteiger partial charge in [-0.1, -0.05) is 24.3 Å². The van der Waals surface area contributed by atoms with Crippen LogP contribution in [0.4, 0.5) is 0 Å². The molecule has 1 unspecified atom stereocenters. The molecule has 0 aromatic heterocycles. The van der Waals surface area contributed by atoms with Crippen molar-refractivity contribution in [2.75, 3.05) is 5.75 Å². The van der Waals surface area contributed by atoms with E-state index in [9.17, 15) is 0 Å². The van der Waals surface area contributed by atoms with E-state index in [-0.39, 0.29) is 6.04 Å². The predicted octanol–water partition coefficient (Wildman–Crippen LogP) is 2.44. The molecule has 1 aromatic carbocycles. The second-order valence-electron chi connectivity index (χ2n) is 3.83. The van der Waals surface area contributed by atoms with Crippen molar-refractivity contribution in [1.29, 1.82) is 0 Å². The van der Waals surface area contributed by atoms with E-state index < -0.39 is 0 Å². The second kappa shape index (κ2) is 6.10. The SMILES string of the molecule is CC(N)Cc1cccc(CCCS)c1. The molecule has 1 rings (SSSR count). The van der Waals surface area contributed by atoms with Crippen LogP contribution < -0.4 is 5.73 Å². The first kappa shape index (κ1) is 11.6. The van der Waals surface area contributed by atoms with Crippen LogP contribution in [0.1, 0.15) is 24.5 Å². The average molecular weight is 209 g/mol. The molecule has 1 atom stereocenters. The summed E-state index contributed by atoms with van der Waals surface area (Å²) in [6, 6.07) is 8.94. The number of hydrogen-bond acceptors (Lipinski definition) is 2. The lowest BCUT2D eigenvalue weighted by atomic mass is 10.0. The first-order valence-corrected chi connectivity index (χ1v) is 5.80. The summed E-state index contributed by atoms with van der Waals surface area (Å²) >= 11 is 4.21. The molecule has 14 heavy (non-hydrogen) atoms. The number of hydrogen-bond donors (Lipinski definition) is 2. The minimum Gasteiger partial charge on any atom is -0.328 e. The van der Waals surface area contributed by atoms with Crippen LogP contribution in [0.25, 0.3) is 0 Å². The average Bonchev–Trinajstić information content (AvgIpc) is 2.14. The van der Waals surface area contributed by atoms with Gasteiger partial charge in [0.2, 0.25) is 0 Å². The van der Waals surface area contributed by atoms with Crippen LogP contribution in [-0.2, 0) is 12.8 Å². The highest BCUT2D eigenvalue weighted by Gasteiger charge is 1.99. The quantitative estimate of drug-likeness (QED) is 0.716. The molecule has 0 radical (unpaired) electrons. The molecule has 2 heteroatoms. The molecule has 0 heterocycles. The second-order valence-corrected chi connectivity index (χ2v) is 4.28. The fraction of sp³-hybridized carbons (Fsp3) is 0.500. The Labute approximate surface area is 92.1 Å². The van der Waals surface area contributed by atoms with Crippen molar-refractivity contribution in [2.45, 2.75) is 32.2 Å². The Morgan fingerprint density at radius 1 is 1.36 bits per heavy atom. The summed E-state index contributed by atoms with van der Waals surface area (Å²) in [7, 11) is 0. The van der Waals surface area contributed by atoms with Crippen molar-refractivity contribution >= 4 is 12.6 Å². The molecular weight excluding hydrogens is 190 g/mol. The zero-order chi connectivity index (χ0) is 10.4. The molecule has 0 saturated heterocycles. The number of aryl methyl sites for hydroxylation is 1. The summed E-state index contributed by atoms with van der Waals surface area (Å²) in [4.78, 5) is 0. The molecule has 0 aliphatic heterocycles. The Balaban J connectivity index is 2.59. The van der Waals surface area contributed by atoms with E-state index in [0.717, 1.165) is 25.0 Å². The Morgan fingerprint density at radius 3 is 2.71 bits per heavy atom. The van der Waals surface area contributed by atoms with Crippen molar-refractivity contribution in [3.05, 3.63) is 35.4 Å². The summed E-state index contributed by atoms with van der Waals surface area (Å²) in [6.07, 6.45) is 3.23. The molecular formula is C12H19NS. The van der Waals surface area contributed by atoms with Crippen molar-refractivity contribution in [3.8, 4) is 0 Å². The van der Waals surface area contributed by atoms with E-state index in [4.69, 9.17) is 5.73 Å². The van der Waals surface area contributed by atoms with Gasteiger partial charge in [0, 0.05) is 6.04 Å². The van der Waals surface area contributed by atoms with Crippen LogP contribution in [0.15, 0.2) is 24.3 Å². The lowest BCUT2D eigenvalue weighted by Gasteiger charge is -2.07. The predicted molar refractivity (Wildman–Crippen MR) is 66.0 cm³/mol. The van der Waals surface area contributed by atoms with Gasteiger partial charge in [0.1, 0.15) is 0 Å². The molecule has 0 spiro atoms. The Kier molecular flexibility index (Phi) is 5.05. The first-order valence-electron chi connectivity index (χ1n) is 5.16. The van der Waals surface area contributed by atoms with Crippen molar-refractivity contribution in [1.82, 2.24) is 0 Å². The summed E-state index contributed by atoms with van der Waals surface area (Å²) < 4.78 is 0. The zero-order valence-electron chi connectivity index (χ0n) is 8.74. The molecule has 1 nitrogen and oxygen atoms in total. The third kappa shape index (κ3) is 4.16. The standard InChI is InChI=1S/C12H19NS/c1-10(13)8-12-5-2-4-11(9-12)6-3-7-14/h2,4-5,9-10,14H,3,6-8,13H2,1H3. The highest BCUT2D eigenvalue weighted by atomic mass is 32.1. The smallest absolute Gasteiger partial charge is 0.00509 e. The first-order chi connectivity index (χ1) is 6.72. The summed E-state index contributed by atoms with van der Waals surface area (Å²) in [5.41, 5.74) is 8.51. The van der Waals surface area contributed by atoms with Gasteiger partial charge in [-0.3, -0.25) is 0 Å². The van der Waals surface area contributed by atoms with Crippen LogP contribution in [0.5, 0.6) is 0 Å². The molecule has 78 valence electrons. The Morgan fingerprint density at radius 2 is 2.07 bits per heavy atom. The van der Waals surface area contributed by atoms with E-state index >= 15 is 0 Å². The fourth-order valence-electron chi connectivity index (χ4n) is 1.57. The number of benzene rings is 1. The van der Waals surface area contributed by atoms with Crippen LogP contribution in [0.3, 0.4) is 0 Å². The van der Waals surface area contributed by atoms with Gasteiger partial charge >= 0.3 is 0 Å². The van der Waals surface area contributed by atoms with Gasteiger partial charge in [-0.25, -0.2) is 0 Å². The van der Waals surface area contributed by atoms with Gasteiger partial charge < -0.3 is 5.73 Å². The maximum Gasteiger partial charge on any atom is 0.00509 e. The number of thiol groups is 1. The lowest BCUT2D eigenvalue weighted by molar-refractivity contribution is 0.737.